The Morgan fingerprint density at radius 2 is 2.17 bits per heavy atom. The number of aromatic amines is 1. The number of benzene rings is 1. The first kappa shape index (κ1) is 14.7. The molecule has 2 aromatic heterocycles. The van der Waals surface area contributed by atoms with E-state index in [-0.39, 0.29) is 11.8 Å². The predicted molar refractivity (Wildman–Crippen MR) is 86.0 cm³/mol. The van der Waals surface area contributed by atoms with Gasteiger partial charge in [0.25, 0.3) is 5.91 Å². The fourth-order valence-electron chi connectivity index (χ4n) is 3.25. The number of aromatic nitrogens is 4. The van der Waals surface area contributed by atoms with Crippen LogP contribution in [0.2, 0.25) is 0 Å². The first-order valence-electron chi connectivity index (χ1n) is 7.92. The summed E-state index contributed by atoms with van der Waals surface area (Å²) in [6.45, 7) is 1.23. The smallest absolute Gasteiger partial charge is 0.253 e. The molecule has 0 spiro atoms. The van der Waals surface area contributed by atoms with E-state index in [4.69, 9.17) is 0 Å². The number of nitrogens with zero attached hydrogens (tertiary/aromatic N) is 4. The topological polar surface area (TPSA) is 74.8 Å². The van der Waals surface area contributed by atoms with Crippen molar-refractivity contribution in [2.75, 3.05) is 13.1 Å². The molecule has 3 aromatic rings. The highest BCUT2D eigenvalue weighted by Gasteiger charge is 2.28. The number of hydrogen-bond donors (Lipinski definition) is 1. The van der Waals surface area contributed by atoms with Gasteiger partial charge in [-0.25, -0.2) is 14.4 Å². The molecule has 1 aliphatic rings. The molecular formula is C17H16FN5O. The summed E-state index contributed by atoms with van der Waals surface area (Å²) >= 11 is 0. The summed E-state index contributed by atoms with van der Waals surface area (Å²) in [6.07, 6.45) is 5.07. The van der Waals surface area contributed by atoms with Crippen molar-refractivity contribution >= 4 is 17.1 Å². The summed E-state index contributed by atoms with van der Waals surface area (Å²) in [6, 6.07) is 5.82. The number of halogens is 1. The van der Waals surface area contributed by atoms with Crippen molar-refractivity contribution in [3.63, 3.8) is 0 Å². The lowest BCUT2D eigenvalue weighted by Gasteiger charge is -2.32. The average Bonchev–Trinajstić information content (AvgIpc) is 3.05. The third-order valence-electron chi connectivity index (χ3n) is 4.40. The quantitative estimate of drug-likeness (QED) is 0.785. The summed E-state index contributed by atoms with van der Waals surface area (Å²) in [5, 5.41) is 7.20. The maximum atomic E-state index is 13.4. The van der Waals surface area contributed by atoms with E-state index in [0.29, 0.717) is 24.3 Å². The second-order valence-electron chi connectivity index (χ2n) is 5.97. The second kappa shape index (κ2) is 5.99. The van der Waals surface area contributed by atoms with Crippen LogP contribution in [-0.4, -0.2) is 44.1 Å². The number of amides is 1. The molecule has 4 rings (SSSR count). The van der Waals surface area contributed by atoms with Crippen molar-refractivity contribution in [3.8, 4) is 0 Å². The van der Waals surface area contributed by atoms with Gasteiger partial charge < -0.3 is 4.90 Å². The zero-order valence-electron chi connectivity index (χ0n) is 12.9. The number of piperidine rings is 1. The van der Waals surface area contributed by atoms with Crippen molar-refractivity contribution in [1.29, 1.82) is 0 Å². The Balaban J connectivity index is 1.59. The van der Waals surface area contributed by atoms with Crippen LogP contribution in [0.3, 0.4) is 0 Å². The van der Waals surface area contributed by atoms with E-state index >= 15 is 0 Å². The number of rotatable bonds is 2. The predicted octanol–water partition coefficient (Wildman–Crippen LogP) is 2.51. The van der Waals surface area contributed by atoms with Crippen LogP contribution < -0.4 is 0 Å². The average molecular weight is 325 g/mol. The number of H-pyrrole nitrogens is 1. The van der Waals surface area contributed by atoms with Gasteiger partial charge in [-0.15, -0.1) is 0 Å². The molecule has 1 fully saturated rings. The highest BCUT2D eigenvalue weighted by molar-refractivity contribution is 5.94. The van der Waals surface area contributed by atoms with E-state index in [9.17, 15) is 9.18 Å². The van der Waals surface area contributed by atoms with Gasteiger partial charge in [0.05, 0.1) is 5.69 Å². The summed E-state index contributed by atoms with van der Waals surface area (Å²) in [4.78, 5) is 22.9. The molecule has 3 heterocycles. The normalized spacial score (nSPS) is 18.0. The number of carbonyl (C=O) groups is 1. The molecule has 1 unspecified atom stereocenters. The first-order valence-corrected chi connectivity index (χ1v) is 7.92. The number of fused-ring (bicyclic) bond motifs is 1. The molecule has 1 aliphatic heterocycles. The molecule has 0 radical (unpaired) electrons. The molecule has 1 amide bonds. The Bertz CT molecular complexity index is 893. The summed E-state index contributed by atoms with van der Waals surface area (Å²) in [5.74, 6) is -0.420. The minimum absolute atomic E-state index is 0.123. The lowest BCUT2D eigenvalue weighted by molar-refractivity contribution is 0.0705. The minimum Gasteiger partial charge on any atom is -0.338 e. The second-order valence-corrected chi connectivity index (χ2v) is 5.97. The van der Waals surface area contributed by atoms with Gasteiger partial charge in [0.15, 0.2) is 5.65 Å². The largest absolute Gasteiger partial charge is 0.338 e. The van der Waals surface area contributed by atoms with E-state index in [1.807, 2.05) is 0 Å². The fourth-order valence-corrected chi connectivity index (χ4v) is 3.25. The van der Waals surface area contributed by atoms with Crippen molar-refractivity contribution in [3.05, 3.63) is 53.7 Å². The third kappa shape index (κ3) is 2.62. The molecule has 0 bridgehead atoms. The molecule has 24 heavy (non-hydrogen) atoms. The van der Waals surface area contributed by atoms with E-state index in [1.165, 1.54) is 12.1 Å². The van der Waals surface area contributed by atoms with Gasteiger partial charge >= 0.3 is 0 Å². The van der Waals surface area contributed by atoms with Crippen LogP contribution in [0.1, 0.15) is 34.8 Å². The zero-order chi connectivity index (χ0) is 16.5. The standard InChI is InChI=1S/C17H16FN5O/c18-13-5-1-3-11(9-13)17(24)23-8-2-4-12(10-23)14-15-16(22-21-14)20-7-6-19-15/h1,3,5-7,9,12H,2,4,8,10H2,(H,20,21,22). The third-order valence-corrected chi connectivity index (χ3v) is 4.40. The summed E-state index contributed by atoms with van der Waals surface area (Å²) in [5.41, 5.74) is 2.63. The lowest BCUT2D eigenvalue weighted by Crippen LogP contribution is -2.39. The zero-order valence-corrected chi connectivity index (χ0v) is 12.9. The summed E-state index contributed by atoms with van der Waals surface area (Å²) in [7, 11) is 0. The van der Waals surface area contributed by atoms with Crippen LogP contribution in [0, 0.1) is 5.82 Å². The SMILES string of the molecule is O=C(c1cccc(F)c1)N1CCCC(c2[nH]nc3nccnc23)C1. The maximum Gasteiger partial charge on any atom is 0.253 e. The van der Waals surface area contributed by atoms with Crippen molar-refractivity contribution < 1.29 is 9.18 Å². The number of nitrogens with one attached hydrogen (secondary N) is 1. The Kier molecular flexibility index (Phi) is 3.68. The molecule has 1 aromatic carbocycles. The van der Waals surface area contributed by atoms with Gasteiger partial charge in [-0.2, -0.15) is 5.10 Å². The molecule has 1 atom stereocenters. The minimum atomic E-state index is -0.399. The van der Waals surface area contributed by atoms with E-state index in [1.54, 1.807) is 29.4 Å². The fraction of sp³-hybridized carbons (Fsp3) is 0.294. The summed E-state index contributed by atoms with van der Waals surface area (Å²) < 4.78 is 13.4. The van der Waals surface area contributed by atoms with Crippen LogP contribution in [0.15, 0.2) is 36.7 Å². The molecule has 122 valence electrons. The molecule has 1 N–H and O–H groups in total. The van der Waals surface area contributed by atoms with Gasteiger partial charge in [0, 0.05) is 37.0 Å². The molecule has 0 saturated carbocycles. The molecule has 0 aliphatic carbocycles. The molecule has 6 nitrogen and oxygen atoms in total. The number of hydrogen-bond acceptors (Lipinski definition) is 4. The van der Waals surface area contributed by atoms with Crippen molar-refractivity contribution in [1.82, 2.24) is 25.1 Å². The van der Waals surface area contributed by atoms with E-state index in [2.05, 4.69) is 20.2 Å². The Morgan fingerprint density at radius 1 is 1.29 bits per heavy atom. The van der Waals surface area contributed by atoms with Crippen molar-refractivity contribution in [2.45, 2.75) is 18.8 Å². The van der Waals surface area contributed by atoms with E-state index < -0.39 is 5.82 Å². The van der Waals surface area contributed by atoms with Crippen LogP contribution in [0.5, 0.6) is 0 Å². The van der Waals surface area contributed by atoms with Crippen molar-refractivity contribution in [2.24, 2.45) is 0 Å². The Hall–Kier alpha value is -2.83. The maximum absolute atomic E-state index is 13.4. The van der Waals surface area contributed by atoms with Gasteiger partial charge in [-0.1, -0.05) is 6.07 Å². The van der Waals surface area contributed by atoms with E-state index in [0.717, 1.165) is 24.1 Å². The van der Waals surface area contributed by atoms with Gasteiger partial charge in [0.2, 0.25) is 0 Å². The van der Waals surface area contributed by atoms with Gasteiger partial charge in [-0.3, -0.25) is 9.89 Å². The Morgan fingerprint density at radius 3 is 3.04 bits per heavy atom. The van der Waals surface area contributed by atoms with Crippen LogP contribution >= 0.6 is 0 Å². The monoisotopic (exact) mass is 325 g/mol. The molecule has 7 heteroatoms. The molecule has 1 saturated heterocycles. The van der Waals surface area contributed by atoms with Crippen LogP contribution in [-0.2, 0) is 0 Å². The molecular weight excluding hydrogens is 309 g/mol. The number of likely N-dealkylation sites (tertiary alicyclic amines) is 1. The highest BCUT2D eigenvalue weighted by Crippen LogP contribution is 2.29. The van der Waals surface area contributed by atoms with Crippen LogP contribution in [0.25, 0.3) is 11.2 Å². The van der Waals surface area contributed by atoms with Gasteiger partial charge in [-0.05, 0) is 31.0 Å². The lowest BCUT2D eigenvalue weighted by atomic mass is 9.94. The number of carbonyl (C=O) groups excluding carboxylic acids is 1. The first-order chi connectivity index (χ1) is 11.7. The Labute approximate surface area is 137 Å². The van der Waals surface area contributed by atoms with Gasteiger partial charge in [0.1, 0.15) is 11.3 Å². The highest BCUT2D eigenvalue weighted by atomic mass is 19.1. The van der Waals surface area contributed by atoms with Crippen LogP contribution in [0.4, 0.5) is 4.39 Å².